The van der Waals surface area contributed by atoms with Crippen molar-refractivity contribution in [1.29, 1.82) is 0 Å². The van der Waals surface area contributed by atoms with Crippen LogP contribution in [-0.4, -0.2) is 36.8 Å². The Morgan fingerprint density at radius 3 is 2.16 bits per heavy atom. The Morgan fingerprint density at radius 1 is 0.969 bits per heavy atom. The zero-order chi connectivity index (χ0) is 23.3. The number of carbonyl (C=O) groups is 2. The molecule has 0 aliphatic rings. The molecule has 3 atom stereocenters. The molecule has 0 saturated heterocycles. The predicted octanol–water partition coefficient (Wildman–Crippen LogP) is 5.37. The van der Waals surface area contributed by atoms with Gasteiger partial charge >= 0.3 is 6.09 Å². The minimum atomic E-state index is -0.438. The molecule has 32 heavy (non-hydrogen) atoms. The number of benzene rings is 2. The number of carbonyl (C=O) groups excluding carboxylic acids is 2. The Hall–Kier alpha value is -2.31. The van der Waals surface area contributed by atoms with Crippen molar-refractivity contribution >= 4 is 23.6 Å². The van der Waals surface area contributed by atoms with Crippen LogP contribution in [0.2, 0.25) is 0 Å². The summed E-state index contributed by atoms with van der Waals surface area (Å²) in [7, 11) is 0. The number of ether oxygens (including phenoxy) is 1. The van der Waals surface area contributed by atoms with E-state index in [1.54, 1.807) is 18.7 Å². The SMILES string of the molecule is CSC(CC(NCC(CC(C)C)NC(=O)OCc1ccccc1)C(C)=O)c1ccccc1. The molecule has 0 saturated carbocycles. The number of nitrogens with one attached hydrogen (secondary N) is 2. The maximum absolute atomic E-state index is 12.4. The van der Waals surface area contributed by atoms with Crippen molar-refractivity contribution in [2.45, 2.75) is 57.6 Å². The monoisotopic (exact) mass is 456 g/mol. The van der Waals surface area contributed by atoms with Crippen molar-refractivity contribution in [3.05, 3.63) is 71.8 Å². The third-order valence-corrected chi connectivity index (χ3v) is 6.33. The summed E-state index contributed by atoms with van der Waals surface area (Å²) in [5.41, 5.74) is 2.16. The molecule has 2 aromatic carbocycles. The smallest absolute Gasteiger partial charge is 0.407 e. The highest BCUT2D eigenvalue weighted by atomic mass is 32.2. The van der Waals surface area contributed by atoms with Gasteiger partial charge in [0.2, 0.25) is 0 Å². The van der Waals surface area contributed by atoms with E-state index in [0.29, 0.717) is 18.9 Å². The topological polar surface area (TPSA) is 67.4 Å². The molecular weight excluding hydrogens is 420 g/mol. The highest BCUT2D eigenvalue weighted by Crippen LogP contribution is 2.31. The van der Waals surface area contributed by atoms with Crippen LogP contribution in [-0.2, 0) is 16.1 Å². The molecule has 3 unspecified atom stereocenters. The number of amides is 1. The van der Waals surface area contributed by atoms with Crippen molar-refractivity contribution < 1.29 is 14.3 Å². The minimum Gasteiger partial charge on any atom is -0.445 e. The van der Waals surface area contributed by atoms with E-state index < -0.39 is 6.09 Å². The molecule has 0 aliphatic carbocycles. The Labute approximate surface area is 196 Å². The maximum Gasteiger partial charge on any atom is 0.407 e. The van der Waals surface area contributed by atoms with E-state index in [-0.39, 0.29) is 29.7 Å². The van der Waals surface area contributed by atoms with Gasteiger partial charge in [-0.25, -0.2) is 4.79 Å². The van der Waals surface area contributed by atoms with Gasteiger partial charge in [-0.3, -0.25) is 4.79 Å². The number of alkyl carbamates (subject to hydrolysis) is 1. The molecule has 0 heterocycles. The molecule has 1 amide bonds. The van der Waals surface area contributed by atoms with Crippen LogP contribution in [0.5, 0.6) is 0 Å². The van der Waals surface area contributed by atoms with Crippen molar-refractivity contribution in [1.82, 2.24) is 10.6 Å². The van der Waals surface area contributed by atoms with Crippen LogP contribution in [0.25, 0.3) is 0 Å². The Bertz CT molecular complexity index is 814. The third-order valence-electron chi connectivity index (χ3n) is 5.30. The molecule has 2 N–H and O–H groups in total. The number of hydrogen-bond donors (Lipinski definition) is 2. The van der Waals surface area contributed by atoms with Gasteiger partial charge in [0, 0.05) is 17.8 Å². The van der Waals surface area contributed by atoms with Gasteiger partial charge in [-0.05, 0) is 43.1 Å². The fourth-order valence-corrected chi connectivity index (χ4v) is 4.44. The first-order valence-corrected chi connectivity index (χ1v) is 12.5. The van der Waals surface area contributed by atoms with Crippen LogP contribution in [0.15, 0.2) is 60.7 Å². The number of ketones is 1. The molecule has 0 bridgehead atoms. The number of rotatable bonds is 13. The van der Waals surface area contributed by atoms with Crippen molar-refractivity contribution in [3.8, 4) is 0 Å². The lowest BCUT2D eigenvalue weighted by Gasteiger charge is -2.26. The van der Waals surface area contributed by atoms with Gasteiger partial charge in [0.25, 0.3) is 0 Å². The number of Topliss-reactive ketones (excluding diaryl/α,β-unsaturated/α-hetero) is 1. The average molecular weight is 457 g/mol. The van der Waals surface area contributed by atoms with Crippen LogP contribution < -0.4 is 10.6 Å². The summed E-state index contributed by atoms with van der Waals surface area (Å²) in [6, 6.07) is 19.5. The molecule has 2 rings (SSSR count). The first kappa shape index (κ1) is 25.9. The summed E-state index contributed by atoms with van der Waals surface area (Å²) in [6.45, 7) is 6.60. The van der Waals surface area contributed by atoms with Crippen LogP contribution in [0.3, 0.4) is 0 Å². The summed E-state index contributed by atoms with van der Waals surface area (Å²) in [6.07, 6.45) is 3.13. The molecule has 2 aromatic rings. The van der Waals surface area contributed by atoms with Gasteiger partial charge in [-0.1, -0.05) is 74.5 Å². The molecule has 0 aliphatic heterocycles. The molecule has 0 aromatic heterocycles. The van der Waals surface area contributed by atoms with Crippen molar-refractivity contribution in [3.63, 3.8) is 0 Å². The number of hydrogen-bond acceptors (Lipinski definition) is 5. The van der Waals surface area contributed by atoms with Crippen LogP contribution in [0, 0.1) is 5.92 Å². The minimum absolute atomic E-state index is 0.106. The summed E-state index contributed by atoms with van der Waals surface area (Å²) in [4.78, 5) is 24.7. The quantitative estimate of drug-likeness (QED) is 0.424. The van der Waals surface area contributed by atoms with Crippen LogP contribution in [0.4, 0.5) is 4.79 Å². The van der Waals surface area contributed by atoms with Crippen molar-refractivity contribution in [2.24, 2.45) is 5.92 Å². The van der Waals surface area contributed by atoms with E-state index in [1.807, 2.05) is 48.5 Å². The second-order valence-corrected chi connectivity index (χ2v) is 9.52. The Morgan fingerprint density at radius 2 is 1.59 bits per heavy atom. The summed E-state index contributed by atoms with van der Waals surface area (Å²) in [5.74, 6) is 0.505. The van der Waals surface area contributed by atoms with Crippen molar-refractivity contribution in [2.75, 3.05) is 12.8 Å². The normalized spacial score (nSPS) is 13.9. The second kappa shape index (κ2) is 14.0. The summed E-state index contributed by atoms with van der Waals surface area (Å²) >= 11 is 1.75. The van der Waals surface area contributed by atoms with E-state index in [1.165, 1.54) is 5.56 Å². The summed E-state index contributed by atoms with van der Waals surface area (Å²) < 4.78 is 5.39. The van der Waals surface area contributed by atoms with Gasteiger partial charge in [0.15, 0.2) is 0 Å². The van der Waals surface area contributed by atoms with Gasteiger partial charge in [-0.2, -0.15) is 11.8 Å². The predicted molar refractivity (Wildman–Crippen MR) is 133 cm³/mol. The zero-order valence-corrected chi connectivity index (χ0v) is 20.4. The van der Waals surface area contributed by atoms with Gasteiger partial charge in [0.05, 0.1) is 6.04 Å². The highest BCUT2D eigenvalue weighted by Gasteiger charge is 2.23. The number of thioether (sulfide) groups is 1. The lowest BCUT2D eigenvalue weighted by atomic mass is 10.0. The standard InChI is InChI=1S/C26H36N2O3S/c1-19(2)15-23(28-26(30)31-18-21-11-7-5-8-12-21)17-27-24(20(3)29)16-25(32-4)22-13-9-6-10-14-22/h5-14,19,23-25,27H,15-18H2,1-4H3,(H,28,30). The Balaban J connectivity index is 1.93. The third kappa shape index (κ3) is 9.45. The lowest BCUT2D eigenvalue weighted by Crippen LogP contribution is -2.47. The summed E-state index contributed by atoms with van der Waals surface area (Å²) in [5, 5.41) is 6.60. The van der Waals surface area contributed by atoms with Gasteiger partial charge in [0.1, 0.15) is 12.4 Å². The van der Waals surface area contributed by atoms with Gasteiger partial charge < -0.3 is 15.4 Å². The molecule has 174 valence electrons. The fourth-order valence-electron chi connectivity index (χ4n) is 3.62. The molecule has 6 heteroatoms. The van der Waals surface area contributed by atoms with E-state index >= 15 is 0 Å². The average Bonchev–Trinajstić information content (AvgIpc) is 2.78. The molecule has 0 radical (unpaired) electrons. The van der Waals surface area contributed by atoms with E-state index in [9.17, 15) is 9.59 Å². The van der Waals surface area contributed by atoms with E-state index in [4.69, 9.17) is 4.74 Å². The molecular formula is C26H36N2O3S. The first-order valence-electron chi connectivity index (χ1n) is 11.2. The zero-order valence-electron chi connectivity index (χ0n) is 19.5. The molecule has 0 fully saturated rings. The van der Waals surface area contributed by atoms with E-state index in [2.05, 4.69) is 42.9 Å². The first-order chi connectivity index (χ1) is 15.4. The largest absolute Gasteiger partial charge is 0.445 e. The highest BCUT2D eigenvalue weighted by molar-refractivity contribution is 7.98. The molecule has 0 spiro atoms. The fraction of sp³-hybridized carbons (Fsp3) is 0.462. The second-order valence-electron chi connectivity index (χ2n) is 8.47. The van der Waals surface area contributed by atoms with Crippen LogP contribution >= 0.6 is 11.8 Å². The maximum atomic E-state index is 12.4. The Kier molecular flexibility index (Phi) is 11.3. The molecule has 5 nitrogen and oxygen atoms in total. The lowest BCUT2D eigenvalue weighted by molar-refractivity contribution is -0.119. The van der Waals surface area contributed by atoms with Crippen LogP contribution in [0.1, 0.15) is 50.0 Å². The van der Waals surface area contributed by atoms with E-state index in [0.717, 1.165) is 12.0 Å². The van der Waals surface area contributed by atoms with Gasteiger partial charge in [-0.15, -0.1) is 0 Å².